The van der Waals surface area contributed by atoms with Crippen molar-refractivity contribution in [3.05, 3.63) is 30.6 Å². The Morgan fingerprint density at radius 2 is 1.91 bits per heavy atom. The summed E-state index contributed by atoms with van der Waals surface area (Å²) >= 11 is 0. The van der Waals surface area contributed by atoms with E-state index in [1.54, 1.807) is 12.4 Å². The van der Waals surface area contributed by atoms with Crippen LogP contribution in [0.1, 0.15) is 0 Å². The minimum Gasteiger partial charge on any atom is -0.265 e. The fourth-order valence-corrected chi connectivity index (χ4v) is 0.449. The second-order valence-electron chi connectivity index (χ2n) is 1.83. The van der Waals surface area contributed by atoms with Gasteiger partial charge in [-0.2, -0.15) is 0 Å². The third kappa shape index (κ3) is 9.34. The van der Waals surface area contributed by atoms with Crippen LogP contribution in [0.5, 0.6) is 0 Å². The molecule has 1 rings (SSSR count). The van der Waals surface area contributed by atoms with Crippen LogP contribution < -0.4 is 0 Å². The fourth-order valence-electron chi connectivity index (χ4n) is 0.449. The van der Waals surface area contributed by atoms with Crippen molar-refractivity contribution in [2.75, 3.05) is 0 Å². The van der Waals surface area contributed by atoms with E-state index in [0.29, 0.717) is 6.22 Å². The van der Waals surface area contributed by atoms with Gasteiger partial charge in [-0.15, -0.1) is 6.22 Å². The zero-order chi connectivity index (χ0) is 8.36. The van der Waals surface area contributed by atoms with E-state index in [9.17, 15) is 0 Å². The number of aromatic nitrogens is 1. The normalized spacial score (nSPS) is 7.36. The van der Waals surface area contributed by atoms with Crippen molar-refractivity contribution in [3.63, 3.8) is 0 Å². The van der Waals surface area contributed by atoms with Crippen LogP contribution >= 0.6 is 0 Å². The first-order valence-corrected chi connectivity index (χ1v) is 3.58. The second-order valence-corrected chi connectivity index (χ2v) is 1.83. The molecule has 0 aromatic carbocycles. The molecule has 0 N–H and O–H groups in total. The summed E-state index contributed by atoms with van der Waals surface area (Å²) in [6, 6.07) is 5.72. The van der Waals surface area contributed by atoms with Gasteiger partial charge in [-0.3, -0.25) is 4.98 Å². The molecule has 0 saturated heterocycles. The van der Waals surface area contributed by atoms with Gasteiger partial charge in [-0.25, -0.2) is 0 Å². The van der Waals surface area contributed by atoms with Crippen LogP contribution in [-0.4, -0.2) is 27.2 Å². The van der Waals surface area contributed by atoms with Crippen LogP contribution in [0.4, 0.5) is 0 Å². The molecule has 0 saturated carbocycles. The maximum Gasteiger partial charge on any atom is 0.0600 e. The molecule has 0 unspecified atom stereocenters. The average molecular weight is 141 g/mol. The van der Waals surface area contributed by atoms with Gasteiger partial charge in [0, 0.05) is 12.4 Å². The predicted octanol–water partition coefficient (Wildman–Crippen LogP) is 0.984. The zero-order valence-electron chi connectivity index (χ0n) is 6.77. The molecule has 0 bridgehead atoms. The minimum absolute atomic E-state index is 0.663. The average Bonchev–Trinajstić information content (AvgIpc) is 2.10. The zero-order valence-corrected chi connectivity index (χ0v) is 6.77. The summed E-state index contributed by atoms with van der Waals surface area (Å²) in [5, 5.41) is 0. The van der Waals surface area contributed by atoms with Crippen molar-refractivity contribution in [1.29, 1.82) is 0 Å². The van der Waals surface area contributed by atoms with Crippen LogP contribution in [0.3, 0.4) is 0 Å². The van der Waals surface area contributed by atoms with Gasteiger partial charge in [0.2, 0.25) is 0 Å². The van der Waals surface area contributed by atoms with Gasteiger partial charge in [0.15, 0.2) is 0 Å². The predicted molar refractivity (Wildman–Crippen MR) is 52.2 cm³/mol. The smallest absolute Gasteiger partial charge is 0.0600 e. The van der Waals surface area contributed by atoms with E-state index in [1.165, 1.54) is 0 Å². The summed E-state index contributed by atoms with van der Waals surface area (Å²) in [7, 11) is 8.89. The Kier molecular flexibility index (Phi) is 8.79. The Bertz CT molecular complexity index is 117. The van der Waals surface area contributed by atoms with Gasteiger partial charge in [0.1, 0.15) is 0 Å². The maximum absolute atomic E-state index is 5.05. The highest BCUT2D eigenvalue weighted by Crippen LogP contribution is 1.73. The highest BCUT2D eigenvalue weighted by atomic mass is 14.6. The van der Waals surface area contributed by atoms with E-state index in [1.807, 2.05) is 39.4 Å². The maximum atomic E-state index is 5.05. The van der Waals surface area contributed by atoms with Crippen molar-refractivity contribution >= 4 is 22.2 Å². The largest absolute Gasteiger partial charge is 0.265 e. The summed E-state index contributed by atoms with van der Waals surface area (Å²) in [5.41, 5.74) is 0. The molecule has 4 radical (unpaired) electrons. The quantitative estimate of drug-likeness (QED) is 0.559. The van der Waals surface area contributed by atoms with Crippen LogP contribution in [0.15, 0.2) is 30.6 Å². The molecule has 0 fully saturated rings. The number of rotatable bonds is 2. The van der Waals surface area contributed by atoms with E-state index in [-0.39, 0.29) is 0 Å². The molecule has 11 heavy (non-hydrogen) atoms. The first kappa shape index (κ1) is 10.3. The van der Waals surface area contributed by atoms with E-state index in [0.717, 1.165) is 0 Å². The molecular weight excluding hydrogens is 131 g/mol. The van der Waals surface area contributed by atoms with Crippen LogP contribution in [-0.2, 0) is 0 Å². The van der Waals surface area contributed by atoms with Crippen molar-refractivity contribution in [2.45, 2.75) is 13.0 Å². The molecule has 1 aromatic rings. The van der Waals surface area contributed by atoms with Gasteiger partial charge in [0.05, 0.1) is 22.2 Å². The third-order valence-electron chi connectivity index (χ3n) is 0.938. The van der Waals surface area contributed by atoms with Crippen molar-refractivity contribution < 1.29 is 0 Å². The molecule has 1 heterocycles. The van der Waals surface area contributed by atoms with Crippen LogP contribution in [0, 0.1) is 0 Å². The van der Waals surface area contributed by atoms with Crippen LogP contribution in [0.2, 0.25) is 13.0 Å². The second kappa shape index (κ2) is 9.34. The van der Waals surface area contributed by atoms with E-state index in [4.69, 9.17) is 7.85 Å². The van der Waals surface area contributed by atoms with Gasteiger partial charge in [-0.1, -0.05) is 12.9 Å². The highest BCUT2D eigenvalue weighted by Gasteiger charge is 1.74. The molecular formula is C7H10B3N. The molecule has 0 amide bonds. The topological polar surface area (TPSA) is 12.9 Å². The Morgan fingerprint density at radius 1 is 1.27 bits per heavy atom. The summed E-state index contributed by atoms with van der Waals surface area (Å²) in [4.78, 5) is 3.78. The number of pyridine rings is 1. The lowest BCUT2D eigenvalue weighted by atomic mass is 9.37. The van der Waals surface area contributed by atoms with Gasteiger partial charge in [0.25, 0.3) is 0 Å². The van der Waals surface area contributed by atoms with E-state index in [2.05, 4.69) is 4.98 Å². The molecule has 0 atom stereocenters. The molecule has 0 aliphatic carbocycles. The summed E-state index contributed by atoms with van der Waals surface area (Å²) in [5.74, 6) is 0. The summed E-state index contributed by atoms with van der Waals surface area (Å²) in [6.45, 7) is 1.95. The van der Waals surface area contributed by atoms with Crippen molar-refractivity contribution in [2.24, 2.45) is 0 Å². The number of hydrogen-bond acceptors (Lipinski definition) is 1. The Morgan fingerprint density at radius 3 is 2.00 bits per heavy atom. The van der Waals surface area contributed by atoms with Crippen molar-refractivity contribution in [3.8, 4) is 0 Å². The number of nitrogens with zero attached hydrogens (tertiary/aromatic N) is 1. The molecule has 1 aromatic heterocycles. The molecule has 0 spiro atoms. The van der Waals surface area contributed by atoms with Crippen LogP contribution in [0.25, 0.3) is 0 Å². The standard InChI is InChI=1S/C5H5N.C2H5B3/c1-2-4-6-5-3-1;1-4-5-2-3/h1-5H;2H2,1H3. The van der Waals surface area contributed by atoms with E-state index >= 15 is 0 Å². The molecule has 52 valence electrons. The Labute approximate surface area is 71.5 Å². The molecule has 4 heteroatoms. The van der Waals surface area contributed by atoms with Gasteiger partial charge >= 0.3 is 0 Å². The highest BCUT2D eigenvalue weighted by molar-refractivity contribution is 7.01. The Hall–Kier alpha value is -0.655. The first-order valence-electron chi connectivity index (χ1n) is 3.58. The summed E-state index contributed by atoms with van der Waals surface area (Å²) in [6.07, 6.45) is 4.16. The SMILES string of the molecule is [B]C[B][B]C.c1ccncc1. The third-order valence-corrected chi connectivity index (χ3v) is 0.938. The molecule has 0 aliphatic heterocycles. The summed E-state index contributed by atoms with van der Waals surface area (Å²) < 4.78 is 0. The van der Waals surface area contributed by atoms with Crippen molar-refractivity contribution in [1.82, 2.24) is 4.98 Å². The monoisotopic (exact) mass is 141 g/mol. The minimum atomic E-state index is 0.663. The van der Waals surface area contributed by atoms with E-state index < -0.39 is 0 Å². The lowest BCUT2D eigenvalue weighted by Crippen LogP contribution is -1.94. The fraction of sp³-hybridized carbons (Fsp3) is 0.286. The lowest BCUT2D eigenvalue weighted by Gasteiger charge is -1.74. The lowest BCUT2D eigenvalue weighted by molar-refractivity contribution is 1.33. The van der Waals surface area contributed by atoms with Gasteiger partial charge < -0.3 is 0 Å². The first-order chi connectivity index (χ1) is 5.41. The van der Waals surface area contributed by atoms with Gasteiger partial charge in [-0.05, 0) is 12.1 Å². The molecule has 1 nitrogen and oxygen atoms in total. The molecule has 0 aliphatic rings. The number of hydrogen-bond donors (Lipinski definition) is 0. The Balaban J connectivity index is 0.000000187.